The molecular weight excluding hydrogens is 938 g/mol. The number of carbonyl (C=O) groups excluding carboxylic acids is 7. The number of ether oxygens (including phenoxy) is 2. The second-order valence-corrected chi connectivity index (χ2v) is 20.3. The number of rotatable bonds is 29. The Bertz CT molecular complexity index is 2080. The number of hydroxylamine groups is 1. The molecule has 7 atom stereocenters. The van der Waals surface area contributed by atoms with E-state index in [0.29, 0.717) is 25.1 Å². The fourth-order valence-electron chi connectivity index (χ4n) is 7.23. The summed E-state index contributed by atoms with van der Waals surface area (Å²) in [7, 11) is -5.14. The second kappa shape index (κ2) is 27.3. The summed E-state index contributed by atoms with van der Waals surface area (Å²) in [5.41, 5.74) is 8.09. The molecule has 1 aliphatic rings. The summed E-state index contributed by atoms with van der Waals surface area (Å²) in [4.78, 5) is 127. The first-order valence-electron chi connectivity index (χ1n) is 23.1. The van der Waals surface area contributed by atoms with Crippen molar-refractivity contribution in [3.8, 4) is 0 Å². The lowest BCUT2D eigenvalue weighted by molar-refractivity contribution is -0.142. The van der Waals surface area contributed by atoms with Gasteiger partial charge in [0.1, 0.15) is 36.3 Å². The number of nitrogens with zero attached hydrogens (tertiary/aromatic N) is 2. The summed E-state index contributed by atoms with van der Waals surface area (Å²) < 4.78 is 27.8. The van der Waals surface area contributed by atoms with Crippen LogP contribution in [-0.2, 0) is 69.8 Å². The monoisotopic (exact) mass is 1010 g/mol. The number of aliphatic hydroxyl groups excluding tert-OH is 1. The average molecular weight is 1010 g/mol. The first-order chi connectivity index (χ1) is 32.7. The molecule has 392 valence electrons. The van der Waals surface area contributed by atoms with Gasteiger partial charge in [-0.25, -0.2) is 15.0 Å². The van der Waals surface area contributed by atoms with Crippen molar-refractivity contribution in [2.45, 2.75) is 154 Å². The van der Waals surface area contributed by atoms with Gasteiger partial charge >= 0.3 is 7.82 Å². The van der Waals surface area contributed by atoms with Crippen molar-refractivity contribution in [2.24, 2.45) is 11.7 Å². The summed E-state index contributed by atoms with van der Waals surface area (Å²) >= 11 is 0. The van der Waals surface area contributed by atoms with Gasteiger partial charge in [0, 0.05) is 37.8 Å². The molecule has 11 N–H and O–H groups in total. The van der Waals surface area contributed by atoms with Gasteiger partial charge in [-0.05, 0) is 72.3 Å². The molecule has 1 saturated heterocycles. The van der Waals surface area contributed by atoms with Crippen molar-refractivity contribution in [2.75, 3.05) is 26.4 Å². The molecule has 0 aliphatic carbocycles. The zero-order valence-electron chi connectivity index (χ0n) is 41.1. The molecule has 3 rings (SSSR count). The van der Waals surface area contributed by atoms with Gasteiger partial charge in [0.15, 0.2) is 0 Å². The first-order valence-corrected chi connectivity index (χ1v) is 24.6. The maximum Gasteiger partial charge on any atom is 0.469 e. The van der Waals surface area contributed by atoms with E-state index >= 15 is 0 Å². The van der Waals surface area contributed by atoms with Crippen LogP contribution in [0.5, 0.6) is 0 Å². The lowest BCUT2D eigenvalue weighted by Gasteiger charge is -2.29. The maximum atomic E-state index is 14.3. The topological polar surface area (TPSA) is 352 Å². The highest BCUT2D eigenvalue weighted by Gasteiger charge is 2.42. The van der Waals surface area contributed by atoms with Gasteiger partial charge < -0.3 is 61.3 Å². The molecule has 70 heavy (non-hydrogen) atoms. The van der Waals surface area contributed by atoms with E-state index < -0.39 is 104 Å². The molecular formula is C45H72N9O15P. The molecule has 0 bridgehead atoms. The molecule has 1 aliphatic heterocycles. The average Bonchev–Trinajstić information content (AvgIpc) is 3.95. The number of nitrogens with two attached hydrogens (primary N) is 1. The van der Waals surface area contributed by atoms with Crippen molar-refractivity contribution in [1.29, 1.82) is 0 Å². The van der Waals surface area contributed by atoms with Gasteiger partial charge in [-0.15, -0.1) is 0 Å². The van der Waals surface area contributed by atoms with Crippen LogP contribution in [0.25, 0.3) is 0 Å². The zero-order chi connectivity index (χ0) is 52.4. The number of H-pyrrole nitrogens is 1. The van der Waals surface area contributed by atoms with E-state index in [0.717, 1.165) is 12.5 Å². The van der Waals surface area contributed by atoms with Crippen LogP contribution in [0, 0.1) is 5.92 Å². The fraction of sp³-hybridized carbons (Fsp3) is 0.644. The van der Waals surface area contributed by atoms with Crippen LogP contribution < -0.4 is 32.5 Å². The third kappa shape index (κ3) is 21.3. The number of benzene rings is 1. The number of aromatic amines is 1. The zero-order valence-corrected chi connectivity index (χ0v) is 42.0. The molecule has 1 aromatic carbocycles. The van der Waals surface area contributed by atoms with Crippen molar-refractivity contribution in [3.63, 3.8) is 0 Å². The Balaban J connectivity index is 1.81. The third-order valence-corrected chi connectivity index (χ3v) is 11.5. The Morgan fingerprint density at radius 3 is 2.11 bits per heavy atom. The number of phosphoric ester groups is 1. The number of hydrogen-bond acceptors (Lipinski definition) is 14. The van der Waals surface area contributed by atoms with Crippen molar-refractivity contribution >= 4 is 49.2 Å². The number of aryl methyl sites for hydroxylation is 1. The van der Waals surface area contributed by atoms with E-state index in [1.807, 2.05) is 65.0 Å². The Labute approximate surface area is 407 Å². The van der Waals surface area contributed by atoms with Gasteiger partial charge in [0.05, 0.1) is 49.8 Å². The number of imidazole rings is 1. The Morgan fingerprint density at radius 1 is 0.886 bits per heavy atom. The van der Waals surface area contributed by atoms with Crippen molar-refractivity contribution < 1.29 is 71.9 Å². The Morgan fingerprint density at radius 2 is 1.53 bits per heavy atom. The molecule has 0 spiro atoms. The summed E-state index contributed by atoms with van der Waals surface area (Å²) in [6.45, 7) is 13.5. The summed E-state index contributed by atoms with van der Waals surface area (Å²) in [5, 5.41) is 19.9. The molecule has 2 heterocycles. The minimum atomic E-state index is -5.14. The highest BCUT2D eigenvalue weighted by molar-refractivity contribution is 7.46. The number of aliphatic hydroxyl groups is 1. The number of carbonyl (C=O) groups is 7. The molecule has 0 saturated carbocycles. The summed E-state index contributed by atoms with van der Waals surface area (Å²) in [5.74, 6) is -6.06. The quantitative estimate of drug-likeness (QED) is 0.0377. The number of nitrogens with one attached hydrogen (secondary N) is 6. The van der Waals surface area contributed by atoms with Gasteiger partial charge in [-0.3, -0.25) is 42.9 Å². The van der Waals surface area contributed by atoms with E-state index in [9.17, 15) is 53.0 Å². The number of amides is 7. The third-order valence-electron chi connectivity index (χ3n) is 10.9. The number of likely N-dealkylation sites (tertiary alicyclic amines) is 1. The van der Waals surface area contributed by atoms with Gasteiger partial charge in [-0.2, -0.15) is 0 Å². The predicted molar refractivity (Wildman–Crippen MR) is 251 cm³/mol. The number of aromatic nitrogens is 2. The number of primary amides is 1. The van der Waals surface area contributed by atoms with Crippen LogP contribution >= 0.6 is 7.82 Å². The van der Waals surface area contributed by atoms with E-state index in [1.165, 1.54) is 17.4 Å². The van der Waals surface area contributed by atoms with Crippen LogP contribution in [-0.4, -0.2) is 151 Å². The van der Waals surface area contributed by atoms with Crippen LogP contribution in [0.1, 0.15) is 98.8 Å². The lowest BCUT2D eigenvalue weighted by Crippen LogP contribution is -2.61. The van der Waals surface area contributed by atoms with Gasteiger partial charge in [-0.1, -0.05) is 44.2 Å². The van der Waals surface area contributed by atoms with Crippen LogP contribution in [0.4, 0.5) is 0 Å². The fourth-order valence-corrected chi connectivity index (χ4v) is 7.78. The van der Waals surface area contributed by atoms with E-state index in [2.05, 4.69) is 41.2 Å². The normalized spacial score (nSPS) is 17.5. The molecule has 25 heteroatoms. The molecule has 1 aromatic heterocycles. The first kappa shape index (κ1) is 59.0. The SMILES string of the molecule is CC(C)C[C@H](NC(=O)[C@@H]1C[C@@H](ONC(=O)CCc2ccccc2)CN1C(=O)CCOC(C)(C)CCOC(C)(C)C)C(=O)N[C@@H](Cc1cnc[nH]1)C(=O)N[C@@H](CO)C(=O)N[C@H](C(N)=O)C(C)OP(=O)(O)O. The minimum absolute atomic E-state index is 0.0147. The van der Waals surface area contributed by atoms with Crippen molar-refractivity contribution in [3.05, 3.63) is 54.1 Å². The molecule has 0 radical (unpaired) electrons. The largest absolute Gasteiger partial charge is 0.469 e. The summed E-state index contributed by atoms with van der Waals surface area (Å²) in [6.07, 6.45) is 1.00. The second-order valence-electron chi connectivity index (χ2n) is 19.1. The van der Waals surface area contributed by atoms with Crippen LogP contribution in [0.3, 0.4) is 0 Å². The van der Waals surface area contributed by atoms with Crippen molar-refractivity contribution in [1.82, 2.24) is 41.6 Å². The van der Waals surface area contributed by atoms with E-state index in [-0.39, 0.29) is 56.8 Å². The molecule has 2 aromatic rings. The van der Waals surface area contributed by atoms with Gasteiger partial charge in [0.2, 0.25) is 41.4 Å². The number of phosphoric acid groups is 1. The minimum Gasteiger partial charge on any atom is -0.394 e. The summed E-state index contributed by atoms with van der Waals surface area (Å²) in [6, 6.07) is 1.85. The van der Waals surface area contributed by atoms with Gasteiger partial charge in [0.25, 0.3) is 0 Å². The van der Waals surface area contributed by atoms with E-state index in [1.54, 1.807) is 13.8 Å². The maximum absolute atomic E-state index is 14.3. The predicted octanol–water partition coefficient (Wildman–Crippen LogP) is -0.0465. The lowest BCUT2D eigenvalue weighted by atomic mass is 10.0. The van der Waals surface area contributed by atoms with Crippen LogP contribution in [0.15, 0.2) is 42.9 Å². The molecule has 1 fully saturated rings. The highest BCUT2D eigenvalue weighted by atomic mass is 31.2. The highest BCUT2D eigenvalue weighted by Crippen LogP contribution is 2.38. The Hall–Kier alpha value is -5.33. The Kier molecular flexibility index (Phi) is 23.0. The smallest absolute Gasteiger partial charge is 0.394 e. The molecule has 24 nitrogen and oxygen atoms in total. The molecule has 7 amide bonds. The number of hydrogen-bond donors (Lipinski definition) is 10. The molecule has 1 unspecified atom stereocenters. The van der Waals surface area contributed by atoms with Crippen LogP contribution in [0.2, 0.25) is 0 Å². The standard InChI is InChI=1S/C45H72N9O15P/c1-27(2)20-32(40(59)49-33(21-30-23-47-26-48-30)41(60)51-34(25-55)42(61)52-38(39(46)58)28(3)69-70(63,64)65)50-43(62)35-22-31(68-53-36(56)15-14-29-12-10-9-11-13-29)24-54(35)37(57)16-18-67-45(7,8)17-19-66-44(4,5)6/h9-13,23,26-28,31-35,38,55H,14-22,24-25H2,1-8H3,(H2,46,58)(H,47,48)(H,49,59)(H,50,62)(H,51,60)(H,52,61)(H,53,56)(H2,63,64,65)/t28?,31-,32+,33+,34+,35+,38+/m1/s1. The van der Waals surface area contributed by atoms with E-state index in [4.69, 9.17) is 20.0 Å².